The molecule has 2 atom stereocenters. The monoisotopic (exact) mass is 330 g/mol. The molecule has 0 aliphatic heterocycles. The van der Waals surface area contributed by atoms with Gasteiger partial charge >= 0.3 is 5.97 Å². The summed E-state index contributed by atoms with van der Waals surface area (Å²) in [5, 5.41) is 22.6. The molecule has 1 aliphatic rings. The minimum absolute atomic E-state index is 0.177. The summed E-state index contributed by atoms with van der Waals surface area (Å²) in [6.45, 7) is 0. The van der Waals surface area contributed by atoms with Gasteiger partial charge in [-0.25, -0.2) is 0 Å². The van der Waals surface area contributed by atoms with Crippen LogP contribution < -0.4 is 0 Å². The fourth-order valence-corrected chi connectivity index (χ4v) is 4.02. The minimum Gasteiger partial charge on any atom is -0.481 e. The highest BCUT2D eigenvalue weighted by Crippen LogP contribution is 2.46. The second-order valence-corrected chi connectivity index (χ2v) is 6.46. The van der Waals surface area contributed by atoms with Crippen LogP contribution >= 0.6 is 0 Å². The average Bonchev–Trinajstić information content (AvgIpc) is 2.63. The van der Waals surface area contributed by atoms with Crippen molar-refractivity contribution in [3.63, 3.8) is 0 Å². The Morgan fingerprint density at radius 1 is 0.920 bits per heavy atom. The number of aliphatic hydroxyl groups is 1. The zero-order chi connectivity index (χ0) is 17.4. The van der Waals surface area contributed by atoms with E-state index >= 15 is 0 Å². The van der Waals surface area contributed by atoms with Gasteiger partial charge in [-0.05, 0) is 27.5 Å². The molecule has 25 heavy (non-hydrogen) atoms. The second kappa shape index (κ2) is 5.87. The van der Waals surface area contributed by atoms with E-state index in [1.165, 1.54) is 0 Å². The number of hydrogen-bond acceptors (Lipinski definition) is 2. The Morgan fingerprint density at radius 3 is 2.44 bits per heavy atom. The lowest BCUT2D eigenvalue weighted by Crippen LogP contribution is -2.43. The first-order valence-electron chi connectivity index (χ1n) is 8.29. The summed E-state index contributed by atoms with van der Waals surface area (Å²) in [6.07, 6.45) is 2.48. The number of carbonyl (C=O) groups is 1. The van der Waals surface area contributed by atoms with Crippen LogP contribution in [0.15, 0.2) is 72.8 Å². The van der Waals surface area contributed by atoms with Gasteiger partial charge in [-0.15, -0.1) is 0 Å². The number of benzene rings is 3. The number of aliphatic carboxylic acids is 1. The first-order chi connectivity index (χ1) is 12.1. The van der Waals surface area contributed by atoms with Gasteiger partial charge in [0.05, 0.1) is 17.9 Å². The first kappa shape index (κ1) is 15.6. The molecule has 3 aromatic carbocycles. The van der Waals surface area contributed by atoms with Crippen molar-refractivity contribution in [3.8, 4) is 0 Å². The molecule has 0 saturated heterocycles. The van der Waals surface area contributed by atoms with Gasteiger partial charge < -0.3 is 10.2 Å². The maximum atomic E-state index is 11.8. The highest BCUT2D eigenvalue weighted by molar-refractivity contribution is 5.89. The summed E-state index contributed by atoms with van der Waals surface area (Å²) >= 11 is 0. The highest BCUT2D eigenvalue weighted by Gasteiger charge is 2.45. The SMILES string of the molecule is O=C(O)CC1(c2cccc3ccccc23)c2ccccc2C=CC1O. The van der Waals surface area contributed by atoms with Crippen molar-refractivity contribution < 1.29 is 15.0 Å². The number of carboxylic acids is 1. The Labute approximate surface area is 145 Å². The van der Waals surface area contributed by atoms with E-state index in [-0.39, 0.29) is 6.42 Å². The third kappa shape index (κ3) is 2.36. The third-order valence-electron chi connectivity index (χ3n) is 5.10. The van der Waals surface area contributed by atoms with E-state index < -0.39 is 17.5 Å². The highest BCUT2D eigenvalue weighted by atomic mass is 16.4. The van der Waals surface area contributed by atoms with Crippen molar-refractivity contribution in [1.82, 2.24) is 0 Å². The Kier molecular flexibility index (Phi) is 3.66. The molecular weight excluding hydrogens is 312 g/mol. The number of aliphatic hydroxyl groups excluding tert-OH is 1. The molecule has 3 nitrogen and oxygen atoms in total. The van der Waals surface area contributed by atoms with E-state index in [9.17, 15) is 15.0 Å². The van der Waals surface area contributed by atoms with Gasteiger partial charge in [0, 0.05) is 0 Å². The largest absolute Gasteiger partial charge is 0.481 e. The van der Waals surface area contributed by atoms with Gasteiger partial charge in [0.1, 0.15) is 0 Å². The molecule has 0 fully saturated rings. The summed E-state index contributed by atoms with van der Waals surface area (Å²) < 4.78 is 0. The molecule has 2 N–H and O–H groups in total. The van der Waals surface area contributed by atoms with Crippen LogP contribution in [0.5, 0.6) is 0 Å². The lowest BCUT2D eigenvalue weighted by atomic mass is 9.63. The van der Waals surface area contributed by atoms with E-state index in [1.54, 1.807) is 6.08 Å². The van der Waals surface area contributed by atoms with E-state index in [2.05, 4.69) is 0 Å². The first-order valence-corrected chi connectivity index (χ1v) is 8.29. The zero-order valence-electron chi connectivity index (χ0n) is 13.6. The third-order valence-corrected chi connectivity index (χ3v) is 5.10. The molecule has 124 valence electrons. The fourth-order valence-electron chi connectivity index (χ4n) is 4.02. The molecule has 0 bridgehead atoms. The predicted molar refractivity (Wildman–Crippen MR) is 98.5 cm³/mol. The Morgan fingerprint density at radius 2 is 1.60 bits per heavy atom. The molecule has 0 spiro atoms. The molecule has 0 heterocycles. The van der Waals surface area contributed by atoms with Crippen molar-refractivity contribution in [2.75, 3.05) is 0 Å². The molecular formula is C22H18O3. The molecule has 0 saturated carbocycles. The van der Waals surface area contributed by atoms with Crippen LogP contribution in [-0.2, 0) is 10.2 Å². The molecule has 2 unspecified atom stereocenters. The van der Waals surface area contributed by atoms with Crippen molar-refractivity contribution in [2.45, 2.75) is 17.9 Å². The van der Waals surface area contributed by atoms with Gasteiger partial charge in [-0.2, -0.15) is 0 Å². The van der Waals surface area contributed by atoms with Gasteiger partial charge in [0.25, 0.3) is 0 Å². The van der Waals surface area contributed by atoms with E-state index in [0.717, 1.165) is 27.5 Å². The number of carboxylic acid groups (broad SMARTS) is 1. The lowest BCUT2D eigenvalue weighted by molar-refractivity contribution is -0.139. The van der Waals surface area contributed by atoms with Gasteiger partial charge in [0.15, 0.2) is 0 Å². The van der Waals surface area contributed by atoms with Crippen LogP contribution in [0, 0.1) is 0 Å². The lowest BCUT2D eigenvalue weighted by Gasteiger charge is -2.41. The van der Waals surface area contributed by atoms with Crippen LogP contribution in [0.1, 0.15) is 23.1 Å². The molecule has 3 heteroatoms. The molecule has 1 aliphatic carbocycles. The summed E-state index contributed by atoms with van der Waals surface area (Å²) in [6, 6.07) is 21.5. The molecule has 4 rings (SSSR count). The average molecular weight is 330 g/mol. The van der Waals surface area contributed by atoms with E-state index in [4.69, 9.17) is 0 Å². The second-order valence-electron chi connectivity index (χ2n) is 6.46. The smallest absolute Gasteiger partial charge is 0.304 e. The zero-order valence-corrected chi connectivity index (χ0v) is 13.6. The molecule has 0 radical (unpaired) electrons. The predicted octanol–water partition coefficient (Wildman–Crippen LogP) is 3.99. The summed E-state index contributed by atoms with van der Waals surface area (Å²) in [5.74, 6) is -0.933. The quantitative estimate of drug-likeness (QED) is 0.763. The topological polar surface area (TPSA) is 57.5 Å². The number of rotatable bonds is 3. The van der Waals surface area contributed by atoms with E-state index in [0.29, 0.717) is 0 Å². The standard InChI is InChI=1S/C22H18O3/c23-20-13-12-16-7-2-4-10-18(16)22(20,14-21(24)25)19-11-5-8-15-6-1-3-9-17(15)19/h1-13,20,23H,14H2,(H,24,25). The summed E-state index contributed by atoms with van der Waals surface area (Å²) in [7, 11) is 0. The van der Waals surface area contributed by atoms with Gasteiger partial charge in [0.2, 0.25) is 0 Å². The van der Waals surface area contributed by atoms with Crippen LogP contribution in [0.25, 0.3) is 16.8 Å². The van der Waals surface area contributed by atoms with Gasteiger partial charge in [-0.3, -0.25) is 4.79 Å². The Bertz CT molecular complexity index is 984. The summed E-state index contributed by atoms with van der Waals surface area (Å²) in [4.78, 5) is 11.8. The van der Waals surface area contributed by atoms with Crippen molar-refractivity contribution in [1.29, 1.82) is 0 Å². The van der Waals surface area contributed by atoms with Crippen LogP contribution in [-0.4, -0.2) is 22.3 Å². The van der Waals surface area contributed by atoms with Crippen molar-refractivity contribution >= 4 is 22.8 Å². The molecule has 3 aromatic rings. The molecule has 0 amide bonds. The number of fused-ring (bicyclic) bond motifs is 2. The Hall–Kier alpha value is -2.91. The van der Waals surface area contributed by atoms with Crippen molar-refractivity contribution in [2.24, 2.45) is 0 Å². The normalized spacial score (nSPS) is 21.9. The van der Waals surface area contributed by atoms with Gasteiger partial charge in [-0.1, -0.05) is 78.9 Å². The maximum absolute atomic E-state index is 11.8. The fraction of sp³-hybridized carbons (Fsp3) is 0.136. The van der Waals surface area contributed by atoms with Crippen LogP contribution in [0.3, 0.4) is 0 Å². The molecule has 0 aromatic heterocycles. The minimum atomic E-state index is -1.02. The van der Waals surface area contributed by atoms with Crippen LogP contribution in [0.4, 0.5) is 0 Å². The summed E-state index contributed by atoms with van der Waals surface area (Å²) in [5.41, 5.74) is 1.63. The van der Waals surface area contributed by atoms with Crippen LogP contribution in [0.2, 0.25) is 0 Å². The number of hydrogen-bond donors (Lipinski definition) is 2. The Balaban J connectivity index is 2.10. The van der Waals surface area contributed by atoms with Crippen molar-refractivity contribution in [3.05, 3.63) is 89.5 Å². The maximum Gasteiger partial charge on any atom is 0.304 e. The van der Waals surface area contributed by atoms with E-state index in [1.807, 2.05) is 72.8 Å².